The lowest BCUT2D eigenvalue weighted by molar-refractivity contribution is -0.130. The Balaban J connectivity index is 2.06. The van der Waals surface area contributed by atoms with Crippen molar-refractivity contribution >= 4 is 11.8 Å². The van der Waals surface area contributed by atoms with Crippen LogP contribution in [0.5, 0.6) is 0 Å². The first kappa shape index (κ1) is 12.6. The molecule has 1 aliphatic rings. The first-order valence-corrected chi connectivity index (χ1v) is 5.98. The first-order chi connectivity index (χ1) is 8.50. The summed E-state index contributed by atoms with van der Waals surface area (Å²) in [6, 6.07) is 0. The van der Waals surface area contributed by atoms with E-state index in [4.69, 9.17) is 4.52 Å². The topological polar surface area (TPSA) is 66.7 Å². The molecule has 0 N–H and O–H groups in total. The zero-order valence-corrected chi connectivity index (χ0v) is 10.9. The van der Waals surface area contributed by atoms with E-state index < -0.39 is 0 Å². The second kappa shape index (κ2) is 4.80. The first-order valence-electron chi connectivity index (χ1n) is 5.98. The summed E-state index contributed by atoms with van der Waals surface area (Å²) < 4.78 is 5.00. The molecule has 1 aromatic rings. The smallest absolute Gasteiger partial charge is 0.259 e. The molecule has 98 valence electrons. The highest BCUT2D eigenvalue weighted by atomic mass is 16.5. The van der Waals surface area contributed by atoms with E-state index in [-0.39, 0.29) is 11.8 Å². The third-order valence-electron chi connectivity index (χ3n) is 3.26. The Kier molecular flexibility index (Phi) is 3.36. The predicted molar refractivity (Wildman–Crippen MR) is 64.1 cm³/mol. The largest absolute Gasteiger partial charge is 0.361 e. The van der Waals surface area contributed by atoms with Crippen molar-refractivity contribution in [1.29, 1.82) is 0 Å². The Morgan fingerprint density at radius 1 is 1.11 bits per heavy atom. The number of aryl methyl sites for hydroxylation is 2. The minimum Gasteiger partial charge on any atom is -0.361 e. The molecule has 0 radical (unpaired) electrons. The highest BCUT2D eigenvalue weighted by Gasteiger charge is 2.27. The molecule has 1 aliphatic heterocycles. The normalized spacial score (nSPS) is 15.9. The van der Waals surface area contributed by atoms with Gasteiger partial charge in [-0.25, -0.2) is 0 Å². The Morgan fingerprint density at radius 2 is 1.67 bits per heavy atom. The van der Waals surface area contributed by atoms with Crippen LogP contribution in [0.25, 0.3) is 0 Å². The maximum absolute atomic E-state index is 12.3. The third kappa shape index (κ3) is 2.23. The zero-order chi connectivity index (χ0) is 13.3. The molecule has 2 heterocycles. The van der Waals surface area contributed by atoms with E-state index in [9.17, 15) is 9.59 Å². The fraction of sp³-hybridized carbons (Fsp3) is 0.583. The summed E-state index contributed by atoms with van der Waals surface area (Å²) in [5.41, 5.74) is 1.16. The maximum atomic E-state index is 12.3. The number of piperazine rings is 1. The molecule has 0 bridgehead atoms. The summed E-state index contributed by atoms with van der Waals surface area (Å²) in [6.07, 6.45) is 0. The lowest BCUT2D eigenvalue weighted by Gasteiger charge is -2.34. The van der Waals surface area contributed by atoms with Crippen molar-refractivity contribution < 1.29 is 14.1 Å². The molecule has 0 aliphatic carbocycles. The van der Waals surface area contributed by atoms with Crippen LogP contribution in [-0.4, -0.2) is 52.9 Å². The van der Waals surface area contributed by atoms with Gasteiger partial charge in [0, 0.05) is 33.1 Å². The van der Waals surface area contributed by atoms with Crippen LogP contribution in [0.15, 0.2) is 4.52 Å². The number of hydrogen-bond donors (Lipinski definition) is 0. The molecule has 0 aromatic carbocycles. The van der Waals surface area contributed by atoms with E-state index in [0.717, 1.165) is 0 Å². The van der Waals surface area contributed by atoms with Crippen molar-refractivity contribution in [3.63, 3.8) is 0 Å². The minimum absolute atomic E-state index is 0.0550. The number of nitrogens with zero attached hydrogens (tertiary/aromatic N) is 3. The molecule has 0 atom stereocenters. The van der Waals surface area contributed by atoms with Gasteiger partial charge in [0.2, 0.25) is 5.91 Å². The van der Waals surface area contributed by atoms with Crippen LogP contribution in [0.2, 0.25) is 0 Å². The van der Waals surface area contributed by atoms with Gasteiger partial charge in [-0.15, -0.1) is 0 Å². The van der Waals surface area contributed by atoms with E-state index in [1.165, 1.54) is 0 Å². The van der Waals surface area contributed by atoms with Crippen LogP contribution < -0.4 is 0 Å². The van der Waals surface area contributed by atoms with Gasteiger partial charge in [0.1, 0.15) is 11.3 Å². The lowest BCUT2D eigenvalue weighted by Crippen LogP contribution is -2.50. The Hall–Kier alpha value is -1.85. The number of hydrogen-bond acceptors (Lipinski definition) is 4. The molecular formula is C12H17N3O3. The fourth-order valence-corrected chi connectivity index (χ4v) is 2.17. The van der Waals surface area contributed by atoms with Gasteiger partial charge < -0.3 is 14.3 Å². The van der Waals surface area contributed by atoms with E-state index in [1.54, 1.807) is 30.6 Å². The average Bonchev–Trinajstić information content (AvgIpc) is 2.68. The number of amides is 2. The summed E-state index contributed by atoms with van der Waals surface area (Å²) in [5.74, 6) is 0.542. The Bertz CT molecular complexity index is 453. The zero-order valence-electron chi connectivity index (χ0n) is 10.9. The monoisotopic (exact) mass is 251 g/mol. The SMILES string of the molecule is CC(=O)N1CCN(C(=O)c2c(C)noc2C)CC1. The van der Waals surface area contributed by atoms with Crippen LogP contribution >= 0.6 is 0 Å². The third-order valence-corrected chi connectivity index (χ3v) is 3.26. The Morgan fingerprint density at radius 3 is 2.11 bits per heavy atom. The van der Waals surface area contributed by atoms with Gasteiger partial charge in [0.15, 0.2) is 0 Å². The van der Waals surface area contributed by atoms with Gasteiger partial charge in [-0.3, -0.25) is 9.59 Å². The lowest BCUT2D eigenvalue weighted by atomic mass is 10.1. The molecule has 6 nitrogen and oxygen atoms in total. The molecule has 6 heteroatoms. The van der Waals surface area contributed by atoms with Gasteiger partial charge in [0.05, 0.1) is 5.69 Å². The number of carbonyl (C=O) groups excluding carboxylic acids is 2. The van der Waals surface area contributed by atoms with Crippen LogP contribution in [0.4, 0.5) is 0 Å². The summed E-state index contributed by atoms with van der Waals surface area (Å²) in [5, 5.41) is 3.79. The van der Waals surface area contributed by atoms with Gasteiger partial charge in [-0.05, 0) is 13.8 Å². The summed E-state index contributed by atoms with van der Waals surface area (Å²) in [6.45, 7) is 7.33. The van der Waals surface area contributed by atoms with Crippen LogP contribution in [-0.2, 0) is 4.79 Å². The van der Waals surface area contributed by atoms with Crippen molar-refractivity contribution in [3.05, 3.63) is 17.0 Å². The van der Waals surface area contributed by atoms with Crippen molar-refractivity contribution in [3.8, 4) is 0 Å². The van der Waals surface area contributed by atoms with Crippen LogP contribution in [0.1, 0.15) is 28.7 Å². The van der Waals surface area contributed by atoms with E-state index >= 15 is 0 Å². The number of carbonyl (C=O) groups is 2. The minimum atomic E-state index is -0.0607. The maximum Gasteiger partial charge on any atom is 0.259 e. The quantitative estimate of drug-likeness (QED) is 0.733. The molecule has 1 aromatic heterocycles. The highest BCUT2D eigenvalue weighted by Crippen LogP contribution is 2.16. The Labute approximate surface area is 106 Å². The highest BCUT2D eigenvalue weighted by molar-refractivity contribution is 5.96. The van der Waals surface area contributed by atoms with E-state index in [2.05, 4.69) is 5.16 Å². The summed E-state index contributed by atoms with van der Waals surface area (Å²) >= 11 is 0. The molecule has 1 saturated heterocycles. The fourth-order valence-electron chi connectivity index (χ4n) is 2.17. The van der Waals surface area contributed by atoms with Gasteiger partial charge in [0.25, 0.3) is 5.91 Å². The molecule has 2 rings (SSSR count). The second-order valence-corrected chi connectivity index (χ2v) is 4.50. The van der Waals surface area contributed by atoms with Crippen molar-refractivity contribution in [2.45, 2.75) is 20.8 Å². The van der Waals surface area contributed by atoms with E-state index in [0.29, 0.717) is 43.2 Å². The van der Waals surface area contributed by atoms with Gasteiger partial charge >= 0.3 is 0 Å². The standard InChI is InChI=1S/C12H17N3O3/c1-8-11(9(2)18-13-8)12(17)15-6-4-14(5-7-15)10(3)16/h4-7H2,1-3H3. The molecule has 18 heavy (non-hydrogen) atoms. The summed E-state index contributed by atoms with van der Waals surface area (Å²) in [7, 11) is 0. The second-order valence-electron chi connectivity index (χ2n) is 4.50. The van der Waals surface area contributed by atoms with Gasteiger partial charge in [-0.1, -0.05) is 5.16 Å². The molecule has 0 unspecified atom stereocenters. The van der Waals surface area contributed by atoms with Crippen LogP contribution in [0.3, 0.4) is 0 Å². The van der Waals surface area contributed by atoms with Crippen molar-refractivity contribution in [2.24, 2.45) is 0 Å². The van der Waals surface area contributed by atoms with Gasteiger partial charge in [-0.2, -0.15) is 0 Å². The molecule has 0 saturated carbocycles. The number of rotatable bonds is 1. The van der Waals surface area contributed by atoms with Crippen molar-refractivity contribution in [2.75, 3.05) is 26.2 Å². The number of aromatic nitrogens is 1. The van der Waals surface area contributed by atoms with Crippen molar-refractivity contribution in [1.82, 2.24) is 15.0 Å². The van der Waals surface area contributed by atoms with E-state index in [1.807, 2.05) is 0 Å². The average molecular weight is 251 g/mol. The molecule has 0 spiro atoms. The molecule has 1 fully saturated rings. The van der Waals surface area contributed by atoms with Crippen LogP contribution in [0, 0.1) is 13.8 Å². The molecular weight excluding hydrogens is 234 g/mol. The predicted octanol–water partition coefficient (Wildman–Crippen LogP) is 0.596. The summed E-state index contributed by atoms with van der Waals surface area (Å²) in [4.78, 5) is 27.0. The molecule has 2 amide bonds.